The van der Waals surface area contributed by atoms with Crippen LogP contribution in [0, 0.1) is 11.3 Å². The molecule has 0 unspecified atom stereocenters. The van der Waals surface area contributed by atoms with Crippen LogP contribution in [-0.2, 0) is 0 Å². The molecule has 0 fully saturated rings. The number of nitriles is 1. The van der Waals surface area contributed by atoms with Crippen LogP contribution in [0.5, 0.6) is 0 Å². The number of hydrazone groups is 1. The number of nitrogens with one attached hydrogen (secondary N) is 1. The van der Waals surface area contributed by atoms with E-state index in [1.54, 1.807) is 6.21 Å². The molecule has 2 rings (SSSR count). The monoisotopic (exact) mass is 332 g/mol. The molecule has 1 heterocycles. The van der Waals surface area contributed by atoms with Gasteiger partial charge in [0.25, 0.3) is 5.88 Å². The molecule has 0 aliphatic carbocycles. The second-order valence-corrected chi connectivity index (χ2v) is 5.33. The topological polar surface area (TPSA) is 74.2 Å². The number of oxazole rings is 1. The molecule has 0 radical (unpaired) electrons. The Balaban J connectivity index is 2.10. The number of halogens is 1. The van der Waals surface area contributed by atoms with E-state index in [9.17, 15) is 0 Å². The summed E-state index contributed by atoms with van der Waals surface area (Å²) >= 11 is 3.37. The third-order valence-electron chi connectivity index (χ3n) is 2.49. The second-order valence-electron chi connectivity index (χ2n) is 4.42. The summed E-state index contributed by atoms with van der Waals surface area (Å²) < 4.78 is 6.46. The van der Waals surface area contributed by atoms with E-state index in [-0.39, 0.29) is 17.5 Å². The molecular weight excluding hydrogens is 320 g/mol. The molecule has 0 spiro atoms. The lowest BCUT2D eigenvalue weighted by Crippen LogP contribution is -1.91. The van der Waals surface area contributed by atoms with Gasteiger partial charge in [0.2, 0.25) is 11.6 Å². The molecule has 0 aliphatic heterocycles. The highest BCUT2D eigenvalue weighted by atomic mass is 79.9. The Morgan fingerprint density at radius 1 is 1.40 bits per heavy atom. The van der Waals surface area contributed by atoms with Crippen molar-refractivity contribution in [2.45, 2.75) is 19.8 Å². The van der Waals surface area contributed by atoms with Crippen LogP contribution >= 0.6 is 15.9 Å². The quantitative estimate of drug-likeness (QED) is 0.681. The van der Waals surface area contributed by atoms with Gasteiger partial charge in [-0.15, -0.1) is 0 Å². The van der Waals surface area contributed by atoms with Gasteiger partial charge in [-0.1, -0.05) is 41.9 Å². The number of nitrogens with zero attached hydrogens (tertiary/aromatic N) is 3. The van der Waals surface area contributed by atoms with Gasteiger partial charge >= 0.3 is 0 Å². The van der Waals surface area contributed by atoms with Gasteiger partial charge in [-0.05, 0) is 17.7 Å². The molecule has 102 valence electrons. The van der Waals surface area contributed by atoms with E-state index in [0.29, 0.717) is 5.89 Å². The zero-order chi connectivity index (χ0) is 14.5. The Hall–Kier alpha value is -2.13. The summed E-state index contributed by atoms with van der Waals surface area (Å²) in [6, 6.07) is 9.66. The summed E-state index contributed by atoms with van der Waals surface area (Å²) in [5.74, 6) is 0.903. The molecule has 1 aromatic heterocycles. The largest absolute Gasteiger partial charge is 0.422 e. The molecule has 5 nitrogen and oxygen atoms in total. The van der Waals surface area contributed by atoms with Gasteiger partial charge in [0.05, 0.1) is 6.21 Å². The number of rotatable bonds is 4. The Morgan fingerprint density at radius 3 is 2.70 bits per heavy atom. The minimum absolute atomic E-state index is 0.119. The number of hydrogen-bond donors (Lipinski definition) is 1. The van der Waals surface area contributed by atoms with Crippen LogP contribution in [-0.4, -0.2) is 11.2 Å². The van der Waals surface area contributed by atoms with Gasteiger partial charge in [0.15, 0.2) is 0 Å². The van der Waals surface area contributed by atoms with E-state index < -0.39 is 0 Å². The first kappa shape index (κ1) is 14.3. The van der Waals surface area contributed by atoms with Gasteiger partial charge in [0.1, 0.15) is 6.07 Å². The van der Waals surface area contributed by atoms with Crippen LogP contribution in [0.25, 0.3) is 0 Å². The van der Waals surface area contributed by atoms with Crippen molar-refractivity contribution in [3.63, 3.8) is 0 Å². The molecule has 1 aromatic carbocycles. The van der Waals surface area contributed by atoms with Crippen LogP contribution in [0.3, 0.4) is 0 Å². The summed E-state index contributed by atoms with van der Waals surface area (Å²) in [5, 5.41) is 13.0. The fourth-order valence-corrected chi connectivity index (χ4v) is 1.71. The summed E-state index contributed by atoms with van der Waals surface area (Å²) in [6.45, 7) is 3.89. The first-order valence-electron chi connectivity index (χ1n) is 6.05. The standard InChI is InChI=1S/C14H13BrN4O/c1-9(2)13-18-12(7-16)14(20-13)19-17-8-10-3-5-11(15)6-4-10/h3-6,8-9,19H,1-2H3. The lowest BCUT2D eigenvalue weighted by molar-refractivity contribution is 0.481. The molecule has 0 aliphatic rings. The van der Waals surface area contributed by atoms with E-state index >= 15 is 0 Å². The van der Waals surface area contributed by atoms with Gasteiger partial charge in [0, 0.05) is 10.4 Å². The van der Waals surface area contributed by atoms with E-state index in [1.165, 1.54) is 0 Å². The Bertz CT molecular complexity index is 653. The predicted octanol–water partition coefficient (Wildman–Crippen LogP) is 3.88. The minimum Gasteiger partial charge on any atom is -0.422 e. The van der Waals surface area contributed by atoms with Crippen molar-refractivity contribution in [3.8, 4) is 6.07 Å². The molecule has 2 aromatic rings. The van der Waals surface area contributed by atoms with Gasteiger partial charge < -0.3 is 4.42 Å². The molecule has 1 N–H and O–H groups in total. The highest BCUT2D eigenvalue weighted by molar-refractivity contribution is 9.10. The first-order valence-corrected chi connectivity index (χ1v) is 6.85. The maximum absolute atomic E-state index is 8.99. The van der Waals surface area contributed by atoms with Crippen molar-refractivity contribution < 1.29 is 4.42 Å². The normalized spacial score (nSPS) is 10.9. The average molecular weight is 333 g/mol. The number of aromatic nitrogens is 1. The highest BCUT2D eigenvalue weighted by Gasteiger charge is 2.14. The highest BCUT2D eigenvalue weighted by Crippen LogP contribution is 2.21. The number of benzene rings is 1. The summed E-state index contributed by atoms with van der Waals surface area (Å²) in [7, 11) is 0. The molecule has 20 heavy (non-hydrogen) atoms. The molecule has 0 saturated heterocycles. The predicted molar refractivity (Wildman–Crippen MR) is 80.7 cm³/mol. The van der Waals surface area contributed by atoms with Crippen LogP contribution in [0.2, 0.25) is 0 Å². The summed E-state index contributed by atoms with van der Waals surface area (Å²) in [4.78, 5) is 4.10. The maximum atomic E-state index is 8.99. The fourth-order valence-electron chi connectivity index (χ4n) is 1.45. The van der Waals surface area contributed by atoms with Crippen LogP contribution in [0.1, 0.15) is 36.9 Å². The third kappa shape index (κ3) is 3.45. The van der Waals surface area contributed by atoms with Gasteiger partial charge in [-0.3, -0.25) is 0 Å². The average Bonchev–Trinajstić information content (AvgIpc) is 2.84. The minimum atomic E-state index is 0.119. The molecular formula is C14H13BrN4O. The van der Waals surface area contributed by atoms with E-state index in [4.69, 9.17) is 9.68 Å². The molecule has 0 atom stereocenters. The SMILES string of the molecule is CC(C)c1nc(C#N)c(NN=Cc2ccc(Br)cc2)o1. The van der Waals surface area contributed by atoms with Crippen LogP contribution < -0.4 is 5.43 Å². The number of anilines is 1. The Kier molecular flexibility index (Phi) is 4.53. The fraction of sp³-hybridized carbons (Fsp3) is 0.214. The maximum Gasteiger partial charge on any atom is 0.252 e. The zero-order valence-electron chi connectivity index (χ0n) is 11.1. The smallest absolute Gasteiger partial charge is 0.252 e. The van der Waals surface area contributed by atoms with Crippen molar-refractivity contribution in [1.82, 2.24) is 4.98 Å². The van der Waals surface area contributed by atoms with Crippen molar-refractivity contribution in [1.29, 1.82) is 5.26 Å². The van der Waals surface area contributed by atoms with Crippen molar-refractivity contribution in [2.75, 3.05) is 5.43 Å². The number of hydrogen-bond acceptors (Lipinski definition) is 5. The van der Waals surface area contributed by atoms with Crippen LogP contribution in [0.4, 0.5) is 5.88 Å². The van der Waals surface area contributed by atoms with Gasteiger partial charge in [-0.25, -0.2) is 10.4 Å². The van der Waals surface area contributed by atoms with E-state index in [1.807, 2.05) is 44.2 Å². The molecule has 6 heteroatoms. The lowest BCUT2D eigenvalue weighted by atomic mass is 10.2. The molecule has 0 saturated carbocycles. The first-order chi connectivity index (χ1) is 9.60. The second kappa shape index (κ2) is 6.35. The molecule has 0 amide bonds. The summed E-state index contributed by atoms with van der Waals surface area (Å²) in [6.07, 6.45) is 1.64. The summed E-state index contributed by atoms with van der Waals surface area (Å²) in [5.41, 5.74) is 3.85. The van der Waals surface area contributed by atoms with E-state index in [2.05, 4.69) is 31.4 Å². The zero-order valence-corrected chi connectivity index (χ0v) is 12.7. The third-order valence-corrected chi connectivity index (χ3v) is 3.02. The van der Waals surface area contributed by atoms with Crippen LogP contribution in [0.15, 0.2) is 38.3 Å². The Morgan fingerprint density at radius 2 is 2.10 bits per heavy atom. The molecule has 0 bridgehead atoms. The van der Waals surface area contributed by atoms with Gasteiger partial charge in [-0.2, -0.15) is 10.4 Å². The lowest BCUT2D eigenvalue weighted by Gasteiger charge is -1.97. The Labute approximate surface area is 125 Å². The van der Waals surface area contributed by atoms with E-state index in [0.717, 1.165) is 10.0 Å². The van der Waals surface area contributed by atoms with Crippen molar-refractivity contribution in [2.24, 2.45) is 5.10 Å². The van der Waals surface area contributed by atoms with Crippen molar-refractivity contribution in [3.05, 3.63) is 45.9 Å². The van der Waals surface area contributed by atoms with Crippen molar-refractivity contribution >= 4 is 28.0 Å².